The van der Waals surface area contributed by atoms with Gasteiger partial charge >= 0.3 is 5.97 Å². The van der Waals surface area contributed by atoms with Gasteiger partial charge in [-0.25, -0.2) is 9.78 Å². The number of fused-ring (bicyclic) bond motifs is 1. The highest BCUT2D eigenvalue weighted by Crippen LogP contribution is 2.18. The second kappa shape index (κ2) is 4.96. The molecule has 0 aromatic carbocycles. The molecule has 0 aliphatic heterocycles. The van der Waals surface area contributed by atoms with E-state index in [9.17, 15) is 9.90 Å². The van der Waals surface area contributed by atoms with Crippen LogP contribution in [0, 0.1) is 0 Å². The Morgan fingerprint density at radius 3 is 2.95 bits per heavy atom. The number of pyridine rings is 1. The van der Waals surface area contributed by atoms with Crippen LogP contribution < -0.4 is 5.32 Å². The van der Waals surface area contributed by atoms with Crippen LogP contribution in [0.4, 0.5) is 5.82 Å². The van der Waals surface area contributed by atoms with Crippen molar-refractivity contribution in [1.29, 1.82) is 0 Å². The van der Waals surface area contributed by atoms with E-state index < -0.39 is 5.97 Å². The number of carboxylic acid groups (broad SMARTS) is 1. The molecule has 0 unspecified atom stereocenters. The van der Waals surface area contributed by atoms with Gasteiger partial charge in [0, 0.05) is 12.4 Å². The first-order valence-electron chi connectivity index (χ1n) is 5.96. The third-order valence-corrected chi connectivity index (χ3v) is 2.80. The number of carboxylic acids is 1. The number of aromatic carboxylic acids is 1. The molecule has 3 heterocycles. The van der Waals surface area contributed by atoms with Crippen molar-refractivity contribution in [2.45, 2.75) is 6.54 Å². The molecule has 100 valence electrons. The van der Waals surface area contributed by atoms with E-state index in [1.165, 1.54) is 4.40 Å². The standard InChI is InChI=1S/C13H11N5O2/c19-13(20)11-12(14-8-9-4-3-6-15-17-9)16-10-5-1-2-7-18(10)11/h1-7,14H,8H2,(H,19,20). The van der Waals surface area contributed by atoms with E-state index in [-0.39, 0.29) is 5.69 Å². The van der Waals surface area contributed by atoms with E-state index in [1.807, 2.05) is 0 Å². The van der Waals surface area contributed by atoms with E-state index in [0.29, 0.717) is 23.7 Å². The first-order chi connectivity index (χ1) is 9.75. The SMILES string of the molecule is O=C(O)c1c(NCc2cccnn2)nc2ccccn12. The van der Waals surface area contributed by atoms with Gasteiger partial charge in [-0.3, -0.25) is 4.40 Å². The highest BCUT2D eigenvalue weighted by atomic mass is 16.4. The molecule has 3 rings (SSSR count). The average molecular weight is 269 g/mol. The monoisotopic (exact) mass is 269 g/mol. The van der Waals surface area contributed by atoms with Crippen LogP contribution >= 0.6 is 0 Å². The first-order valence-corrected chi connectivity index (χ1v) is 5.96. The molecule has 2 N–H and O–H groups in total. The smallest absolute Gasteiger partial charge is 0.356 e. The van der Waals surface area contributed by atoms with E-state index in [4.69, 9.17) is 0 Å². The van der Waals surface area contributed by atoms with Crippen molar-refractivity contribution in [3.63, 3.8) is 0 Å². The van der Waals surface area contributed by atoms with Crippen LogP contribution in [0.3, 0.4) is 0 Å². The van der Waals surface area contributed by atoms with Crippen LogP contribution in [-0.2, 0) is 6.54 Å². The minimum atomic E-state index is -1.04. The minimum Gasteiger partial charge on any atom is -0.476 e. The number of imidazole rings is 1. The Kier molecular flexibility index (Phi) is 3.00. The number of aromatic nitrogens is 4. The van der Waals surface area contributed by atoms with Gasteiger partial charge in [0.25, 0.3) is 0 Å². The zero-order valence-corrected chi connectivity index (χ0v) is 10.4. The van der Waals surface area contributed by atoms with E-state index >= 15 is 0 Å². The second-order valence-electron chi connectivity index (χ2n) is 4.11. The van der Waals surface area contributed by atoms with Gasteiger partial charge in [0.2, 0.25) is 0 Å². The molecular formula is C13H11N5O2. The summed E-state index contributed by atoms with van der Waals surface area (Å²) in [6, 6.07) is 8.88. The Balaban J connectivity index is 1.95. The van der Waals surface area contributed by atoms with Crippen LogP contribution in [0.15, 0.2) is 42.7 Å². The molecule has 0 fully saturated rings. The lowest BCUT2D eigenvalue weighted by Gasteiger charge is -2.03. The maximum Gasteiger partial charge on any atom is 0.356 e. The molecule has 7 nitrogen and oxygen atoms in total. The molecule has 0 saturated heterocycles. The van der Waals surface area contributed by atoms with Crippen LogP contribution in [-0.4, -0.2) is 30.7 Å². The quantitative estimate of drug-likeness (QED) is 0.744. The Hall–Kier alpha value is -2.96. The second-order valence-corrected chi connectivity index (χ2v) is 4.11. The number of hydrogen-bond donors (Lipinski definition) is 2. The maximum atomic E-state index is 11.4. The normalized spacial score (nSPS) is 10.6. The third kappa shape index (κ3) is 2.16. The van der Waals surface area contributed by atoms with Crippen LogP contribution in [0.5, 0.6) is 0 Å². The largest absolute Gasteiger partial charge is 0.476 e. The van der Waals surface area contributed by atoms with Crippen molar-refractivity contribution in [2.24, 2.45) is 0 Å². The summed E-state index contributed by atoms with van der Waals surface area (Å²) >= 11 is 0. The summed E-state index contributed by atoms with van der Waals surface area (Å²) < 4.78 is 1.53. The Bertz CT molecular complexity index is 754. The molecule has 3 aromatic rings. The molecule has 0 atom stereocenters. The molecule has 3 aromatic heterocycles. The summed E-state index contributed by atoms with van der Waals surface area (Å²) in [6.07, 6.45) is 3.25. The van der Waals surface area contributed by atoms with Crippen molar-refractivity contribution in [3.8, 4) is 0 Å². The number of nitrogens with one attached hydrogen (secondary N) is 1. The van der Waals surface area contributed by atoms with Crippen molar-refractivity contribution < 1.29 is 9.90 Å². The highest BCUT2D eigenvalue weighted by Gasteiger charge is 2.18. The number of anilines is 1. The maximum absolute atomic E-state index is 11.4. The predicted molar refractivity (Wildman–Crippen MR) is 71.5 cm³/mol. The molecule has 0 bridgehead atoms. The van der Waals surface area contributed by atoms with E-state index in [0.717, 1.165) is 0 Å². The predicted octanol–water partition coefficient (Wildman–Crippen LogP) is 1.43. The first kappa shape index (κ1) is 12.1. The lowest BCUT2D eigenvalue weighted by atomic mass is 10.3. The molecule has 0 radical (unpaired) electrons. The number of rotatable bonds is 4. The van der Waals surface area contributed by atoms with Gasteiger partial charge in [-0.1, -0.05) is 6.07 Å². The summed E-state index contributed by atoms with van der Waals surface area (Å²) in [5.74, 6) is -0.723. The topological polar surface area (TPSA) is 92.4 Å². The Morgan fingerprint density at radius 2 is 2.20 bits per heavy atom. The fourth-order valence-corrected chi connectivity index (χ4v) is 1.93. The van der Waals surface area contributed by atoms with Crippen LogP contribution in [0.1, 0.15) is 16.2 Å². The summed E-state index contributed by atoms with van der Waals surface area (Å²) in [5, 5.41) is 20.0. The van der Waals surface area contributed by atoms with Gasteiger partial charge < -0.3 is 10.4 Å². The van der Waals surface area contributed by atoms with Gasteiger partial charge in [-0.15, -0.1) is 0 Å². The summed E-state index contributed by atoms with van der Waals surface area (Å²) in [4.78, 5) is 15.7. The molecule has 0 aliphatic carbocycles. The molecule has 0 saturated carbocycles. The van der Waals surface area contributed by atoms with Gasteiger partial charge in [0.1, 0.15) is 5.65 Å². The van der Waals surface area contributed by atoms with Crippen molar-refractivity contribution in [3.05, 3.63) is 54.1 Å². The number of nitrogens with zero attached hydrogens (tertiary/aromatic N) is 4. The van der Waals surface area contributed by atoms with Gasteiger partial charge in [0.15, 0.2) is 11.5 Å². The van der Waals surface area contributed by atoms with Crippen molar-refractivity contribution in [1.82, 2.24) is 19.6 Å². The van der Waals surface area contributed by atoms with E-state index in [1.54, 1.807) is 42.7 Å². The molecule has 0 spiro atoms. The summed E-state index contributed by atoms with van der Waals surface area (Å²) in [7, 11) is 0. The molecular weight excluding hydrogens is 258 g/mol. The number of carbonyl (C=O) groups is 1. The van der Waals surface area contributed by atoms with Gasteiger partial charge in [0.05, 0.1) is 12.2 Å². The summed E-state index contributed by atoms with van der Waals surface area (Å²) in [6.45, 7) is 0.359. The fourth-order valence-electron chi connectivity index (χ4n) is 1.93. The molecule has 20 heavy (non-hydrogen) atoms. The number of hydrogen-bond acceptors (Lipinski definition) is 5. The van der Waals surface area contributed by atoms with Gasteiger partial charge in [-0.2, -0.15) is 10.2 Å². The lowest BCUT2D eigenvalue weighted by molar-refractivity contribution is 0.0690. The zero-order chi connectivity index (χ0) is 13.9. The van der Waals surface area contributed by atoms with Crippen molar-refractivity contribution in [2.75, 3.05) is 5.32 Å². The van der Waals surface area contributed by atoms with Gasteiger partial charge in [-0.05, 0) is 24.3 Å². The highest BCUT2D eigenvalue weighted by molar-refractivity contribution is 5.92. The molecule has 7 heteroatoms. The van der Waals surface area contributed by atoms with Crippen LogP contribution in [0.2, 0.25) is 0 Å². The molecule has 0 aliphatic rings. The average Bonchev–Trinajstić information content (AvgIpc) is 2.84. The Labute approximate surface area is 113 Å². The Morgan fingerprint density at radius 1 is 1.30 bits per heavy atom. The summed E-state index contributed by atoms with van der Waals surface area (Å²) in [5.41, 5.74) is 1.39. The zero-order valence-electron chi connectivity index (χ0n) is 10.4. The van der Waals surface area contributed by atoms with E-state index in [2.05, 4.69) is 20.5 Å². The minimum absolute atomic E-state index is 0.101. The van der Waals surface area contributed by atoms with Crippen molar-refractivity contribution >= 4 is 17.4 Å². The lowest BCUT2D eigenvalue weighted by Crippen LogP contribution is -2.08. The third-order valence-electron chi connectivity index (χ3n) is 2.80. The molecule has 0 amide bonds. The van der Waals surface area contributed by atoms with Crippen LogP contribution in [0.25, 0.3) is 5.65 Å². The fraction of sp³-hybridized carbons (Fsp3) is 0.0769.